The van der Waals surface area contributed by atoms with Gasteiger partial charge in [-0.3, -0.25) is 14.7 Å². The molecule has 3 heterocycles. The number of sulfonamides is 1. The molecular weight excluding hydrogens is 466 g/mol. The van der Waals surface area contributed by atoms with E-state index in [1.807, 2.05) is 37.6 Å². The monoisotopic (exact) mass is 489 g/mol. The highest BCUT2D eigenvalue weighted by molar-refractivity contribution is 9.10. The molecule has 1 aliphatic heterocycles. The molecule has 30 heavy (non-hydrogen) atoms. The molecule has 0 radical (unpaired) electrons. The van der Waals surface area contributed by atoms with E-state index in [9.17, 15) is 8.42 Å². The van der Waals surface area contributed by atoms with E-state index < -0.39 is 10.0 Å². The Bertz CT molecular complexity index is 1180. The Balaban J connectivity index is 1.54. The summed E-state index contributed by atoms with van der Waals surface area (Å²) in [5, 5.41) is 7.58. The fourth-order valence-corrected chi connectivity index (χ4v) is 4.80. The molecule has 2 aromatic heterocycles. The summed E-state index contributed by atoms with van der Waals surface area (Å²) >= 11 is 3.53. The van der Waals surface area contributed by atoms with Crippen LogP contribution in [0.3, 0.4) is 0 Å². The molecule has 2 atom stereocenters. The summed E-state index contributed by atoms with van der Waals surface area (Å²) in [6.07, 6.45) is 3.78. The van der Waals surface area contributed by atoms with Crippen molar-refractivity contribution in [2.24, 2.45) is 7.05 Å². The van der Waals surface area contributed by atoms with E-state index in [-0.39, 0.29) is 28.2 Å². The zero-order valence-corrected chi connectivity index (χ0v) is 19.6. The maximum atomic E-state index is 12.8. The van der Waals surface area contributed by atoms with Crippen molar-refractivity contribution in [3.05, 3.63) is 70.1 Å². The van der Waals surface area contributed by atoms with Crippen LogP contribution < -0.4 is 10.0 Å². The van der Waals surface area contributed by atoms with Crippen molar-refractivity contribution in [3.63, 3.8) is 0 Å². The number of nitrogens with one attached hydrogen (secondary N) is 2. The second kappa shape index (κ2) is 7.47. The van der Waals surface area contributed by atoms with Crippen LogP contribution in [0.4, 0.5) is 5.82 Å². The molecule has 1 aliphatic rings. The van der Waals surface area contributed by atoms with Crippen molar-refractivity contribution < 1.29 is 8.42 Å². The SMILES string of the molecule is Cn1cc(C2NC2c2nc(NS(=O)(=O)c3ccc(C(C)(C)C)cc3)ccc2Br)cn1. The van der Waals surface area contributed by atoms with Crippen molar-refractivity contribution in [2.75, 3.05) is 4.72 Å². The van der Waals surface area contributed by atoms with Gasteiger partial charge in [0.15, 0.2) is 0 Å². The van der Waals surface area contributed by atoms with Gasteiger partial charge < -0.3 is 0 Å². The average molecular weight is 490 g/mol. The Labute approximate surface area is 185 Å². The Morgan fingerprint density at radius 1 is 1.10 bits per heavy atom. The predicted molar refractivity (Wildman–Crippen MR) is 120 cm³/mol. The van der Waals surface area contributed by atoms with Gasteiger partial charge in [0, 0.05) is 23.3 Å². The first kappa shape index (κ1) is 21.0. The number of pyridine rings is 1. The Hall–Kier alpha value is -2.23. The lowest BCUT2D eigenvalue weighted by molar-refractivity contribution is 0.587. The molecule has 1 aromatic carbocycles. The first-order chi connectivity index (χ1) is 14.0. The maximum absolute atomic E-state index is 12.8. The van der Waals surface area contributed by atoms with Crippen LogP contribution in [0, 0.1) is 0 Å². The molecule has 0 bridgehead atoms. The molecule has 1 saturated heterocycles. The number of nitrogens with zero attached hydrogens (tertiary/aromatic N) is 3. The second-order valence-electron chi connectivity index (χ2n) is 8.51. The van der Waals surface area contributed by atoms with Gasteiger partial charge in [0.2, 0.25) is 0 Å². The van der Waals surface area contributed by atoms with Gasteiger partial charge in [-0.05, 0) is 51.2 Å². The lowest BCUT2D eigenvalue weighted by atomic mass is 9.87. The van der Waals surface area contributed by atoms with Gasteiger partial charge in [-0.15, -0.1) is 0 Å². The minimum Gasteiger partial charge on any atom is -0.298 e. The summed E-state index contributed by atoms with van der Waals surface area (Å²) in [4.78, 5) is 4.77. The molecule has 0 spiro atoms. The van der Waals surface area contributed by atoms with E-state index in [2.05, 4.69) is 56.8 Å². The molecule has 4 rings (SSSR count). The maximum Gasteiger partial charge on any atom is 0.263 e. The van der Waals surface area contributed by atoms with Gasteiger partial charge in [-0.25, -0.2) is 13.4 Å². The molecule has 0 aliphatic carbocycles. The molecule has 9 heteroatoms. The van der Waals surface area contributed by atoms with Crippen LogP contribution in [0.25, 0.3) is 0 Å². The number of aromatic nitrogens is 3. The summed E-state index contributed by atoms with van der Waals surface area (Å²) in [7, 11) is -1.86. The molecule has 158 valence electrons. The van der Waals surface area contributed by atoms with Crippen molar-refractivity contribution in [3.8, 4) is 0 Å². The Kier molecular flexibility index (Phi) is 5.24. The molecule has 0 amide bonds. The lowest BCUT2D eigenvalue weighted by Crippen LogP contribution is -2.16. The van der Waals surface area contributed by atoms with Gasteiger partial charge in [0.1, 0.15) is 5.82 Å². The minimum absolute atomic E-state index is 0.000835. The molecule has 3 aromatic rings. The molecule has 0 saturated carbocycles. The fraction of sp³-hybridized carbons (Fsp3) is 0.333. The minimum atomic E-state index is -3.73. The molecular formula is C21H24BrN5O2S. The van der Waals surface area contributed by atoms with Gasteiger partial charge in [0.25, 0.3) is 10.0 Å². The van der Waals surface area contributed by atoms with Crippen LogP contribution in [0.15, 0.2) is 58.2 Å². The van der Waals surface area contributed by atoms with Crippen LogP contribution in [-0.4, -0.2) is 23.2 Å². The van der Waals surface area contributed by atoms with E-state index in [1.165, 1.54) is 0 Å². The number of benzene rings is 1. The number of hydrogen-bond donors (Lipinski definition) is 2. The highest BCUT2D eigenvalue weighted by Gasteiger charge is 2.42. The number of anilines is 1. The van der Waals surface area contributed by atoms with Crippen LogP contribution in [0.1, 0.15) is 49.7 Å². The molecule has 1 fully saturated rings. The smallest absolute Gasteiger partial charge is 0.263 e. The normalized spacial score (nSPS) is 19.0. The number of hydrogen-bond acceptors (Lipinski definition) is 5. The zero-order valence-electron chi connectivity index (χ0n) is 17.2. The van der Waals surface area contributed by atoms with Crippen molar-refractivity contribution in [2.45, 2.75) is 43.2 Å². The zero-order chi connectivity index (χ0) is 21.7. The number of rotatable bonds is 5. The van der Waals surface area contributed by atoms with Gasteiger partial charge in [-0.1, -0.05) is 32.9 Å². The standard InChI is InChI=1S/C21H24BrN5O2S/c1-21(2,3)14-5-7-15(8-6-14)30(28,29)26-17-10-9-16(22)19(24-17)20-18(25-20)13-11-23-27(4)12-13/h5-12,18,20,25H,1-4H3,(H,24,26). The molecule has 7 nitrogen and oxygen atoms in total. The Morgan fingerprint density at radius 2 is 1.80 bits per heavy atom. The van der Waals surface area contributed by atoms with Crippen LogP contribution in [0.5, 0.6) is 0 Å². The highest BCUT2D eigenvalue weighted by Crippen LogP contribution is 2.44. The van der Waals surface area contributed by atoms with Crippen LogP contribution >= 0.6 is 15.9 Å². The molecule has 2 unspecified atom stereocenters. The predicted octanol–water partition coefficient (Wildman–Crippen LogP) is 4.06. The van der Waals surface area contributed by atoms with Gasteiger partial charge in [-0.2, -0.15) is 5.10 Å². The largest absolute Gasteiger partial charge is 0.298 e. The average Bonchev–Trinajstić information content (AvgIpc) is 3.35. The van der Waals surface area contributed by atoms with E-state index >= 15 is 0 Å². The first-order valence-electron chi connectivity index (χ1n) is 9.59. The third-order valence-electron chi connectivity index (χ3n) is 5.10. The summed E-state index contributed by atoms with van der Waals surface area (Å²) < 4.78 is 30.9. The quantitative estimate of drug-likeness (QED) is 0.526. The van der Waals surface area contributed by atoms with Crippen molar-refractivity contribution >= 4 is 31.8 Å². The summed E-state index contributed by atoms with van der Waals surface area (Å²) in [6.45, 7) is 6.27. The Morgan fingerprint density at radius 3 is 2.40 bits per heavy atom. The molecule has 2 N–H and O–H groups in total. The van der Waals surface area contributed by atoms with Gasteiger partial charge in [0.05, 0.1) is 28.9 Å². The number of aryl methyl sites for hydroxylation is 1. The topological polar surface area (TPSA) is 98.8 Å². The first-order valence-corrected chi connectivity index (χ1v) is 11.9. The van der Waals surface area contributed by atoms with E-state index in [4.69, 9.17) is 0 Å². The van der Waals surface area contributed by atoms with Crippen LogP contribution in [0.2, 0.25) is 0 Å². The summed E-state index contributed by atoms with van der Waals surface area (Å²) in [5.74, 6) is 0.284. The van der Waals surface area contributed by atoms with E-state index in [0.717, 1.165) is 21.3 Å². The van der Waals surface area contributed by atoms with Gasteiger partial charge >= 0.3 is 0 Å². The summed E-state index contributed by atoms with van der Waals surface area (Å²) in [5.41, 5.74) is 2.86. The third kappa shape index (κ3) is 4.28. The fourth-order valence-electron chi connectivity index (χ4n) is 3.33. The van der Waals surface area contributed by atoms with Crippen LogP contribution in [-0.2, 0) is 22.5 Å². The third-order valence-corrected chi connectivity index (χ3v) is 7.15. The van der Waals surface area contributed by atoms with Crippen molar-refractivity contribution in [1.29, 1.82) is 0 Å². The number of halogens is 1. The lowest BCUT2D eigenvalue weighted by Gasteiger charge is -2.19. The van der Waals surface area contributed by atoms with E-state index in [1.54, 1.807) is 22.9 Å². The second-order valence-corrected chi connectivity index (χ2v) is 11.0. The van der Waals surface area contributed by atoms with Crippen molar-refractivity contribution in [1.82, 2.24) is 20.1 Å². The summed E-state index contributed by atoms with van der Waals surface area (Å²) in [6, 6.07) is 10.5. The highest BCUT2D eigenvalue weighted by atomic mass is 79.9. The van der Waals surface area contributed by atoms with E-state index in [0.29, 0.717) is 0 Å².